The van der Waals surface area contributed by atoms with E-state index in [1.54, 1.807) is 6.07 Å². The van der Waals surface area contributed by atoms with Gasteiger partial charge in [0.1, 0.15) is 0 Å². The summed E-state index contributed by atoms with van der Waals surface area (Å²) in [5.74, 6) is -0.958. The molecule has 3 rings (SSSR count). The van der Waals surface area contributed by atoms with Gasteiger partial charge in [-0.25, -0.2) is 4.79 Å². The first-order valence-corrected chi connectivity index (χ1v) is 8.31. The minimum Gasteiger partial charge on any atom is -0.457 e. The van der Waals surface area contributed by atoms with E-state index in [0.29, 0.717) is 6.42 Å². The monoisotopic (exact) mass is 349 g/mol. The molecule has 0 radical (unpaired) electrons. The Hall–Kier alpha value is -3.34. The van der Waals surface area contributed by atoms with Crippen LogP contribution in [0.2, 0.25) is 0 Å². The SMILES string of the molecule is O=C(COC(=O)c1ccco1)NC(Cc1ccccc1)c1ccccc1. The van der Waals surface area contributed by atoms with Gasteiger partial charge >= 0.3 is 5.97 Å². The van der Waals surface area contributed by atoms with Crippen molar-refractivity contribution >= 4 is 11.9 Å². The fourth-order valence-corrected chi connectivity index (χ4v) is 2.62. The van der Waals surface area contributed by atoms with Gasteiger partial charge in [0.2, 0.25) is 5.76 Å². The average molecular weight is 349 g/mol. The molecule has 0 aliphatic rings. The molecule has 5 heteroatoms. The first kappa shape index (κ1) is 17.5. The number of rotatable bonds is 7. The molecular weight excluding hydrogens is 330 g/mol. The second-order valence-corrected chi connectivity index (χ2v) is 5.77. The number of hydrogen-bond acceptors (Lipinski definition) is 4. The Morgan fingerprint density at radius 1 is 0.923 bits per heavy atom. The van der Waals surface area contributed by atoms with E-state index in [-0.39, 0.29) is 24.3 Å². The second kappa shape index (κ2) is 8.67. The molecular formula is C21H19NO4. The van der Waals surface area contributed by atoms with Gasteiger partial charge in [-0.05, 0) is 29.7 Å². The topological polar surface area (TPSA) is 68.5 Å². The third-order valence-electron chi connectivity index (χ3n) is 3.88. The molecule has 0 spiro atoms. The van der Waals surface area contributed by atoms with Crippen LogP contribution in [0.3, 0.4) is 0 Å². The van der Waals surface area contributed by atoms with E-state index >= 15 is 0 Å². The van der Waals surface area contributed by atoms with Gasteiger partial charge in [-0.3, -0.25) is 4.79 Å². The van der Waals surface area contributed by atoms with Crippen molar-refractivity contribution in [2.75, 3.05) is 6.61 Å². The Bertz CT molecular complexity index is 829. The molecule has 1 atom stereocenters. The highest BCUT2D eigenvalue weighted by Crippen LogP contribution is 2.18. The fraction of sp³-hybridized carbons (Fsp3) is 0.143. The van der Waals surface area contributed by atoms with E-state index in [0.717, 1.165) is 11.1 Å². The van der Waals surface area contributed by atoms with E-state index in [4.69, 9.17) is 9.15 Å². The summed E-state index contributed by atoms with van der Waals surface area (Å²) >= 11 is 0. The maximum atomic E-state index is 12.3. The molecule has 1 amide bonds. The van der Waals surface area contributed by atoms with Crippen LogP contribution in [-0.2, 0) is 16.0 Å². The Kier molecular flexibility index (Phi) is 5.83. The van der Waals surface area contributed by atoms with E-state index < -0.39 is 5.97 Å². The Morgan fingerprint density at radius 2 is 1.62 bits per heavy atom. The number of ether oxygens (including phenoxy) is 1. The molecule has 1 N–H and O–H groups in total. The molecule has 0 saturated carbocycles. The van der Waals surface area contributed by atoms with Gasteiger partial charge < -0.3 is 14.5 Å². The normalized spacial score (nSPS) is 11.5. The van der Waals surface area contributed by atoms with E-state index in [2.05, 4.69) is 5.32 Å². The van der Waals surface area contributed by atoms with Crippen molar-refractivity contribution in [2.45, 2.75) is 12.5 Å². The summed E-state index contributed by atoms with van der Waals surface area (Å²) in [7, 11) is 0. The first-order chi connectivity index (χ1) is 12.7. The minimum absolute atomic E-state index is 0.0710. The standard InChI is InChI=1S/C21H19NO4/c23-20(15-26-21(24)19-12-7-13-25-19)22-18(17-10-5-2-6-11-17)14-16-8-3-1-4-9-16/h1-13,18H,14-15H2,(H,22,23). The number of furan rings is 1. The van der Waals surface area contributed by atoms with Crippen molar-refractivity contribution in [1.29, 1.82) is 0 Å². The minimum atomic E-state index is -0.663. The van der Waals surface area contributed by atoms with Crippen LogP contribution in [0, 0.1) is 0 Å². The Morgan fingerprint density at radius 3 is 2.27 bits per heavy atom. The molecule has 0 aliphatic heterocycles. The second-order valence-electron chi connectivity index (χ2n) is 5.77. The van der Waals surface area contributed by atoms with Crippen LogP contribution in [0.1, 0.15) is 27.7 Å². The van der Waals surface area contributed by atoms with Gasteiger partial charge in [0.15, 0.2) is 6.61 Å². The molecule has 0 aliphatic carbocycles. The molecule has 0 saturated heterocycles. The zero-order valence-electron chi connectivity index (χ0n) is 14.1. The maximum Gasteiger partial charge on any atom is 0.374 e. The maximum absolute atomic E-state index is 12.3. The number of esters is 1. The molecule has 26 heavy (non-hydrogen) atoms. The largest absolute Gasteiger partial charge is 0.457 e. The molecule has 1 unspecified atom stereocenters. The lowest BCUT2D eigenvalue weighted by Gasteiger charge is -2.19. The highest BCUT2D eigenvalue weighted by molar-refractivity contribution is 5.88. The van der Waals surface area contributed by atoms with Crippen LogP contribution >= 0.6 is 0 Å². The van der Waals surface area contributed by atoms with Crippen molar-refractivity contribution < 1.29 is 18.7 Å². The molecule has 2 aromatic carbocycles. The summed E-state index contributed by atoms with van der Waals surface area (Å²) in [4.78, 5) is 24.0. The molecule has 0 bridgehead atoms. The zero-order chi connectivity index (χ0) is 18.2. The number of benzene rings is 2. The number of hydrogen-bond donors (Lipinski definition) is 1. The van der Waals surface area contributed by atoms with Crippen molar-refractivity contribution in [3.63, 3.8) is 0 Å². The van der Waals surface area contributed by atoms with Crippen LogP contribution in [0.25, 0.3) is 0 Å². The third-order valence-corrected chi connectivity index (χ3v) is 3.88. The predicted molar refractivity (Wildman–Crippen MR) is 96.5 cm³/mol. The van der Waals surface area contributed by atoms with Gasteiger partial charge in [-0.15, -0.1) is 0 Å². The summed E-state index contributed by atoms with van der Waals surface area (Å²) in [6.07, 6.45) is 2.02. The van der Waals surface area contributed by atoms with Gasteiger partial charge in [-0.2, -0.15) is 0 Å². The van der Waals surface area contributed by atoms with Crippen LogP contribution in [0.15, 0.2) is 83.5 Å². The lowest BCUT2D eigenvalue weighted by Crippen LogP contribution is -2.33. The molecule has 5 nitrogen and oxygen atoms in total. The van der Waals surface area contributed by atoms with Gasteiger partial charge in [-0.1, -0.05) is 60.7 Å². The highest BCUT2D eigenvalue weighted by Gasteiger charge is 2.17. The van der Waals surface area contributed by atoms with Crippen molar-refractivity contribution in [3.05, 3.63) is 95.9 Å². The number of nitrogens with one attached hydrogen (secondary N) is 1. The smallest absolute Gasteiger partial charge is 0.374 e. The summed E-state index contributed by atoms with van der Waals surface area (Å²) in [5.41, 5.74) is 2.09. The van der Waals surface area contributed by atoms with E-state index in [9.17, 15) is 9.59 Å². The van der Waals surface area contributed by atoms with Gasteiger partial charge in [0, 0.05) is 0 Å². The molecule has 1 heterocycles. The van der Waals surface area contributed by atoms with Crippen LogP contribution < -0.4 is 5.32 Å². The molecule has 0 fully saturated rings. The fourth-order valence-electron chi connectivity index (χ4n) is 2.62. The summed E-state index contributed by atoms with van der Waals surface area (Å²) in [6.45, 7) is -0.363. The van der Waals surface area contributed by atoms with Crippen molar-refractivity contribution in [3.8, 4) is 0 Å². The number of carbonyl (C=O) groups is 2. The third kappa shape index (κ3) is 4.83. The number of amides is 1. The van der Waals surface area contributed by atoms with Crippen molar-refractivity contribution in [1.82, 2.24) is 5.32 Å². The Balaban J connectivity index is 1.63. The molecule has 1 aromatic heterocycles. The Labute approximate surface area is 151 Å². The number of carbonyl (C=O) groups excluding carboxylic acids is 2. The van der Waals surface area contributed by atoms with Gasteiger partial charge in [0.25, 0.3) is 5.91 Å². The van der Waals surface area contributed by atoms with Gasteiger partial charge in [0.05, 0.1) is 12.3 Å². The summed E-state index contributed by atoms with van der Waals surface area (Å²) in [6, 6.07) is 22.5. The predicted octanol–water partition coefficient (Wildman–Crippen LogP) is 3.54. The average Bonchev–Trinajstić information content (AvgIpc) is 3.22. The summed E-state index contributed by atoms with van der Waals surface area (Å²) in [5, 5.41) is 2.94. The zero-order valence-corrected chi connectivity index (χ0v) is 14.1. The summed E-state index contributed by atoms with van der Waals surface area (Å²) < 4.78 is 9.94. The van der Waals surface area contributed by atoms with Crippen LogP contribution in [-0.4, -0.2) is 18.5 Å². The lowest BCUT2D eigenvalue weighted by molar-refractivity contribution is -0.125. The van der Waals surface area contributed by atoms with E-state index in [1.165, 1.54) is 12.3 Å². The highest BCUT2D eigenvalue weighted by atomic mass is 16.5. The first-order valence-electron chi connectivity index (χ1n) is 8.31. The van der Waals surface area contributed by atoms with E-state index in [1.807, 2.05) is 60.7 Å². The van der Waals surface area contributed by atoms with Crippen LogP contribution in [0.4, 0.5) is 0 Å². The quantitative estimate of drug-likeness (QED) is 0.663. The lowest BCUT2D eigenvalue weighted by atomic mass is 9.99. The molecule has 3 aromatic rings. The molecule has 132 valence electrons. The van der Waals surface area contributed by atoms with Crippen LogP contribution in [0.5, 0.6) is 0 Å². The van der Waals surface area contributed by atoms with Crippen molar-refractivity contribution in [2.24, 2.45) is 0 Å².